The van der Waals surface area contributed by atoms with Gasteiger partial charge in [-0.05, 0) is 39.4 Å². The Labute approximate surface area is 137 Å². The fourth-order valence-corrected chi connectivity index (χ4v) is 3.36. The normalized spacial score (nSPS) is 25.3. The smallest absolute Gasteiger partial charge is 0.257 e. The highest BCUT2D eigenvalue weighted by atomic mass is 16.5. The summed E-state index contributed by atoms with van der Waals surface area (Å²) in [5.41, 5.74) is 0.652. The number of nitrogens with one attached hydrogen (secondary N) is 1. The molecule has 0 unspecified atom stereocenters. The number of anilines is 1. The van der Waals surface area contributed by atoms with E-state index in [0.717, 1.165) is 32.7 Å². The molecule has 0 spiro atoms. The number of fused-ring (bicyclic) bond motifs is 1. The molecular formula is C17H26N4O2. The number of hydrogen-bond donors (Lipinski definition) is 1. The number of ether oxygens (including phenoxy) is 1. The summed E-state index contributed by atoms with van der Waals surface area (Å²) in [7, 11) is 2.12. The number of carbonyl (C=O) groups is 1. The molecule has 3 rings (SSSR count). The maximum absolute atomic E-state index is 13.0. The van der Waals surface area contributed by atoms with Crippen molar-refractivity contribution in [2.75, 3.05) is 38.6 Å². The van der Waals surface area contributed by atoms with Gasteiger partial charge in [-0.3, -0.25) is 9.69 Å². The van der Waals surface area contributed by atoms with E-state index in [1.807, 2.05) is 30.9 Å². The Morgan fingerprint density at radius 3 is 3.04 bits per heavy atom. The second kappa shape index (κ2) is 6.84. The lowest BCUT2D eigenvalue weighted by atomic mass is 9.98. The van der Waals surface area contributed by atoms with Gasteiger partial charge < -0.3 is 15.0 Å². The summed E-state index contributed by atoms with van der Waals surface area (Å²) < 4.78 is 5.86. The summed E-state index contributed by atoms with van der Waals surface area (Å²) in [6.07, 6.45) is 2.87. The standard InChI is InChI=1S/C17H26N4O2/c1-12(2)19-16-13(5-4-7-18-16)17(22)21-8-6-15-14(11-21)20(3)9-10-23-15/h4-5,7,12,14-15H,6,8-11H2,1-3H3,(H,18,19)/t14-,15+/m0/s1. The minimum atomic E-state index is 0.0543. The zero-order valence-corrected chi connectivity index (χ0v) is 14.2. The molecule has 1 N–H and O–H groups in total. The third kappa shape index (κ3) is 3.48. The molecule has 1 aromatic heterocycles. The van der Waals surface area contributed by atoms with Gasteiger partial charge in [0, 0.05) is 31.9 Å². The molecule has 2 atom stereocenters. The van der Waals surface area contributed by atoms with Crippen LogP contribution in [0.1, 0.15) is 30.6 Å². The predicted octanol–water partition coefficient (Wildman–Crippen LogP) is 1.45. The Morgan fingerprint density at radius 1 is 1.43 bits per heavy atom. The first-order valence-electron chi connectivity index (χ1n) is 8.39. The van der Waals surface area contributed by atoms with E-state index in [4.69, 9.17) is 4.74 Å². The zero-order valence-electron chi connectivity index (χ0n) is 14.2. The summed E-state index contributed by atoms with van der Waals surface area (Å²) >= 11 is 0. The van der Waals surface area contributed by atoms with Crippen molar-refractivity contribution < 1.29 is 9.53 Å². The molecule has 0 saturated carbocycles. The number of likely N-dealkylation sites (N-methyl/N-ethyl adjacent to an activating group) is 1. The van der Waals surface area contributed by atoms with E-state index < -0.39 is 0 Å². The second-order valence-electron chi connectivity index (χ2n) is 6.70. The van der Waals surface area contributed by atoms with Crippen molar-refractivity contribution in [3.05, 3.63) is 23.9 Å². The average molecular weight is 318 g/mol. The van der Waals surface area contributed by atoms with E-state index in [2.05, 4.69) is 22.2 Å². The van der Waals surface area contributed by atoms with E-state index in [1.54, 1.807) is 6.20 Å². The number of rotatable bonds is 3. The third-order valence-electron chi connectivity index (χ3n) is 4.61. The Hall–Kier alpha value is -1.66. The number of likely N-dealkylation sites (tertiary alicyclic amines) is 1. The molecule has 126 valence electrons. The molecule has 0 bridgehead atoms. The minimum absolute atomic E-state index is 0.0543. The zero-order chi connectivity index (χ0) is 16.4. The van der Waals surface area contributed by atoms with Crippen molar-refractivity contribution >= 4 is 11.7 Å². The molecular weight excluding hydrogens is 292 g/mol. The summed E-state index contributed by atoms with van der Waals surface area (Å²) in [6.45, 7) is 7.26. The van der Waals surface area contributed by atoms with Gasteiger partial charge in [0.05, 0.1) is 24.3 Å². The lowest BCUT2D eigenvalue weighted by Gasteiger charge is -2.45. The van der Waals surface area contributed by atoms with Crippen LogP contribution in [0.3, 0.4) is 0 Å². The SMILES string of the molecule is CC(C)Nc1ncccc1C(=O)N1CC[C@H]2OCCN(C)[C@H]2C1. The second-order valence-corrected chi connectivity index (χ2v) is 6.70. The molecule has 6 heteroatoms. The molecule has 6 nitrogen and oxygen atoms in total. The van der Waals surface area contributed by atoms with Gasteiger partial charge in [0.2, 0.25) is 0 Å². The Balaban J connectivity index is 1.76. The van der Waals surface area contributed by atoms with Gasteiger partial charge >= 0.3 is 0 Å². The summed E-state index contributed by atoms with van der Waals surface area (Å²) in [5.74, 6) is 0.724. The molecule has 0 aromatic carbocycles. The van der Waals surface area contributed by atoms with E-state index in [1.165, 1.54) is 0 Å². The predicted molar refractivity (Wildman–Crippen MR) is 89.7 cm³/mol. The highest BCUT2D eigenvalue weighted by Gasteiger charge is 2.37. The fraction of sp³-hybridized carbons (Fsp3) is 0.647. The maximum Gasteiger partial charge on any atom is 0.257 e. The first-order chi connectivity index (χ1) is 11.1. The van der Waals surface area contributed by atoms with Crippen LogP contribution >= 0.6 is 0 Å². The number of aromatic nitrogens is 1. The van der Waals surface area contributed by atoms with E-state index in [9.17, 15) is 4.79 Å². The first kappa shape index (κ1) is 16.2. The van der Waals surface area contributed by atoms with Crippen molar-refractivity contribution in [1.82, 2.24) is 14.8 Å². The lowest BCUT2D eigenvalue weighted by Crippen LogP contribution is -2.59. The molecule has 0 radical (unpaired) electrons. The van der Waals surface area contributed by atoms with Crippen molar-refractivity contribution in [3.8, 4) is 0 Å². The largest absolute Gasteiger partial charge is 0.375 e. The van der Waals surface area contributed by atoms with E-state index >= 15 is 0 Å². The van der Waals surface area contributed by atoms with Gasteiger partial charge in [0.25, 0.3) is 5.91 Å². The number of nitrogens with zero attached hydrogens (tertiary/aromatic N) is 3. The first-order valence-corrected chi connectivity index (χ1v) is 8.39. The molecule has 2 saturated heterocycles. The highest BCUT2D eigenvalue weighted by Crippen LogP contribution is 2.24. The molecule has 0 aliphatic carbocycles. The molecule has 23 heavy (non-hydrogen) atoms. The number of pyridine rings is 1. The van der Waals surface area contributed by atoms with Crippen LogP contribution in [0.15, 0.2) is 18.3 Å². The maximum atomic E-state index is 13.0. The van der Waals surface area contributed by atoms with Crippen LogP contribution in [0.2, 0.25) is 0 Å². The van der Waals surface area contributed by atoms with Crippen LogP contribution < -0.4 is 5.32 Å². The molecule has 3 heterocycles. The molecule has 2 aliphatic rings. The summed E-state index contributed by atoms with van der Waals surface area (Å²) in [6, 6.07) is 4.20. The average Bonchev–Trinajstić information content (AvgIpc) is 2.54. The number of carbonyl (C=O) groups excluding carboxylic acids is 1. The number of morpholine rings is 1. The van der Waals surface area contributed by atoms with Crippen molar-refractivity contribution in [2.24, 2.45) is 0 Å². The topological polar surface area (TPSA) is 57.7 Å². The minimum Gasteiger partial charge on any atom is -0.375 e. The van der Waals surface area contributed by atoms with Crippen molar-refractivity contribution in [3.63, 3.8) is 0 Å². The summed E-state index contributed by atoms with van der Waals surface area (Å²) in [5, 5.41) is 3.26. The quantitative estimate of drug-likeness (QED) is 0.914. The Kier molecular flexibility index (Phi) is 4.82. The highest BCUT2D eigenvalue weighted by molar-refractivity contribution is 5.98. The number of piperidine rings is 1. The van der Waals surface area contributed by atoms with E-state index in [0.29, 0.717) is 17.4 Å². The van der Waals surface area contributed by atoms with Gasteiger partial charge in [-0.15, -0.1) is 0 Å². The number of hydrogen-bond acceptors (Lipinski definition) is 5. The van der Waals surface area contributed by atoms with Crippen molar-refractivity contribution in [1.29, 1.82) is 0 Å². The Morgan fingerprint density at radius 2 is 2.26 bits per heavy atom. The van der Waals surface area contributed by atoms with Crippen LogP contribution in [0.25, 0.3) is 0 Å². The van der Waals surface area contributed by atoms with Gasteiger partial charge in [-0.2, -0.15) is 0 Å². The molecule has 1 amide bonds. The number of amides is 1. The third-order valence-corrected chi connectivity index (χ3v) is 4.61. The van der Waals surface area contributed by atoms with Crippen LogP contribution in [-0.4, -0.2) is 72.2 Å². The van der Waals surface area contributed by atoms with Crippen LogP contribution in [0.4, 0.5) is 5.82 Å². The van der Waals surface area contributed by atoms with Gasteiger partial charge in [-0.25, -0.2) is 4.98 Å². The van der Waals surface area contributed by atoms with E-state index in [-0.39, 0.29) is 18.1 Å². The molecule has 2 aliphatic heterocycles. The van der Waals surface area contributed by atoms with Gasteiger partial charge in [-0.1, -0.05) is 0 Å². The van der Waals surface area contributed by atoms with Crippen LogP contribution in [-0.2, 0) is 4.74 Å². The van der Waals surface area contributed by atoms with Crippen molar-refractivity contribution in [2.45, 2.75) is 38.5 Å². The molecule has 2 fully saturated rings. The lowest BCUT2D eigenvalue weighted by molar-refractivity contribution is -0.0893. The summed E-state index contributed by atoms with van der Waals surface area (Å²) in [4.78, 5) is 21.6. The fourth-order valence-electron chi connectivity index (χ4n) is 3.36. The van der Waals surface area contributed by atoms with Crippen LogP contribution in [0.5, 0.6) is 0 Å². The van der Waals surface area contributed by atoms with Crippen LogP contribution in [0, 0.1) is 0 Å². The van der Waals surface area contributed by atoms with Gasteiger partial charge in [0.1, 0.15) is 5.82 Å². The Bertz CT molecular complexity index is 563. The molecule has 1 aromatic rings. The monoisotopic (exact) mass is 318 g/mol. The van der Waals surface area contributed by atoms with Gasteiger partial charge in [0.15, 0.2) is 0 Å².